The third-order valence-corrected chi connectivity index (χ3v) is 10.3. The maximum Gasteiger partial charge on any atom is 0.306 e. The number of allylic oxidation sites excluding steroid dienone is 4. The van der Waals surface area contributed by atoms with Gasteiger partial charge in [-0.25, -0.2) is 0 Å². The SMILES string of the molecule is C[C@]12C=CC(=O)C=C1CC[C@@H]1[C@@H]2[C@@H](O)C[C@@]2(C)[C@H]1CC[C@]2(O)C(=O)COC(=O)CCc1ccccc1[N+](=O)[O-]. The first kappa shape index (κ1) is 27.4. The van der Waals surface area contributed by atoms with E-state index in [-0.39, 0.29) is 54.9 Å². The van der Waals surface area contributed by atoms with Gasteiger partial charge in [-0.15, -0.1) is 0 Å². The molecule has 4 aliphatic carbocycles. The number of fused-ring (bicyclic) bond motifs is 5. The van der Waals surface area contributed by atoms with Crippen LogP contribution in [0.5, 0.6) is 0 Å². The van der Waals surface area contributed by atoms with Crippen LogP contribution in [0.2, 0.25) is 0 Å². The molecule has 208 valence electrons. The Hall–Kier alpha value is -3.17. The van der Waals surface area contributed by atoms with Gasteiger partial charge in [-0.2, -0.15) is 0 Å². The zero-order chi connectivity index (χ0) is 28.2. The van der Waals surface area contributed by atoms with Gasteiger partial charge in [-0.1, -0.05) is 43.7 Å². The van der Waals surface area contributed by atoms with Crippen molar-refractivity contribution in [2.24, 2.45) is 28.6 Å². The highest BCUT2D eigenvalue weighted by molar-refractivity contribution is 6.01. The average molecular weight is 538 g/mol. The zero-order valence-corrected chi connectivity index (χ0v) is 22.3. The summed E-state index contributed by atoms with van der Waals surface area (Å²) in [5.74, 6) is -1.33. The minimum Gasteiger partial charge on any atom is -0.458 e. The number of para-hydroxylation sites is 1. The molecule has 0 unspecified atom stereocenters. The van der Waals surface area contributed by atoms with E-state index in [9.17, 15) is 34.7 Å². The number of rotatable bonds is 7. The standard InChI is InChI=1S/C30H35NO8/c1-28-13-11-20(32)15-19(28)8-9-21-22-12-14-30(36,29(22,2)16-24(33)27(21)28)25(34)17-39-26(35)10-7-18-5-3-4-6-23(18)31(37)38/h3-6,11,13,15,21-22,24,27,33,36H,7-10,12,14,16-17H2,1-2H3/t21-,22-,24-,27+,28-,29-,30-/m0/s1. The van der Waals surface area contributed by atoms with Crippen molar-refractivity contribution in [3.05, 3.63) is 63.7 Å². The van der Waals surface area contributed by atoms with E-state index < -0.39 is 45.8 Å². The molecule has 3 saturated carbocycles. The highest BCUT2D eigenvalue weighted by Gasteiger charge is 2.68. The van der Waals surface area contributed by atoms with Crippen LogP contribution in [0.4, 0.5) is 5.69 Å². The van der Waals surface area contributed by atoms with E-state index in [4.69, 9.17) is 4.74 Å². The Morgan fingerprint density at radius 2 is 1.95 bits per heavy atom. The van der Waals surface area contributed by atoms with E-state index in [1.807, 2.05) is 13.0 Å². The monoisotopic (exact) mass is 537 g/mol. The number of nitro groups is 1. The van der Waals surface area contributed by atoms with Gasteiger partial charge in [0.05, 0.1) is 11.0 Å². The summed E-state index contributed by atoms with van der Waals surface area (Å²) in [4.78, 5) is 48.5. The molecular formula is C30H35NO8. The van der Waals surface area contributed by atoms with Crippen LogP contribution in [0.1, 0.15) is 57.9 Å². The van der Waals surface area contributed by atoms with E-state index in [1.165, 1.54) is 6.07 Å². The quantitative estimate of drug-likeness (QED) is 0.305. The fourth-order valence-electron chi connectivity index (χ4n) is 8.26. The van der Waals surface area contributed by atoms with Crippen molar-refractivity contribution in [1.29, 1.82) is 0 Å². The second-order valence-electron chi connectivity index (χ2n) is 12.1. The lowest BCUT2D eigenvalue weighted by Gasteiger charge is -2.59. The molecule has 0 bridgehead atoms. The largest absolute Gasteiger partial charge is 0.458 e. The molecule has 0 saturated heterocycles. The van der Waals surface area contributed by atoms with Gasteiger partial charge in [-0.3, -0.25) is 24.5 Å². The van der Waals surface area contributed by atoms with Gasteiger partial charge in [-0.05, 0) is 62.5 Å². The number of carbonyl (C=O) groups is 3. The van der Waals surface area contributed by atoms with Gasteiger partial charge < -0.3 is 14.9 Å². The second-order valence-corrected chi connectivity index (χ2v) is 12.1. The zero-order valence-electron chi connectivity index (χ0n) is 22.3. The summed E-state index contributed by atoms with van der Waals surface area (Å²) in [6.45, 7) is 3.35. The molecule has 0 radical (unpaired) electrons. The van der Waals surface area contributed by atoms with Crippen molar-refractivity contribution in [3.8, 4) is 0 Å². The lowest BCUT2D eigenvalue weighted by Crippen LogP contribution is -2.61. The number of Topliss-reactive ketones (excluding diaryl/α,β-unsaturated/α-hetero) is 1. The number of benzene rings is 1. The molecule has 3 fully saturated rings. The molecule has 0 spiro atoms. The molecule has 7 atom stereocenters. The molecule has 1 aromatic rings. The minimum absolute atomic E-state index is 0.00131. The lowest BCUT2D eigenvalue weighted by molar-refractivity contribution is -0.385. The highest BCUT2D eigenvalue weighted by Crippen LogP contribution is 2.67. The third-order valence-electron chi connectivity index (χ3n) is 10.3. The summed E-state index contributed by atoms with van der Waals surface area (Å²) in [7, 11) is 0. The molecule has 9 heteroatoms. The Bertz CT molecular complexity index is 1290. The van der Waals surface area contributed by atoms with Gasteiger partial charge in [0.1, 0.15) is 5.60 Å². The van der Waals surface area contributed by atoms with Crippen LogP contribution in [0, 0.1) is 38.7 Å². The van der Waals surface area contributed by atoms with Crippen molar-refractivity contribution in [2.75, 3.05) is 6.61 Å². The topological polar surface area (TPSA) is 144 Å². The van der Waals surface area contributed by atoms with Crippen molar-refractivity contribution in [2.45, 2.75) is 70.5 Å². The Balaban J connectivity index is 1.26. The summed E-state index contributed by atoms with van der Waals surface area (Å²) in [6, 6.07) is 6.15. The van der Waals surface area contributed by atoms with E-state index in [1.54, 1.807) is 30.4 Å². The van der Waals surface area contributed by atoms with E-state index in [0.717, 1.165) is 18.4 Å². The first-order valence-corrected chi connectivity index (χ1v) is 13.7. The molecule has 39 heavy (non-hydrogen) atoms. The van der Waals surface area contributed by atoms with E-state index in [0.29, 0.717) is 12.0 Å². The van der Waals surface area contributed by atoms with Crippen LogP contribution in [-0.4, -0.2) is 51.0 Å². The number of aliphatic hydroxyl groups is 2. The Morgan fingerprint density at radius 3 is 2.69 bits per heavy atom. The van der Waals surface area contributed by atoms with E-state index in [2.05, 4.69) is 6.92 Å². The van der Waals surface area contributed by atoms with Crippen molar-refractivity contribution in [3.63, 3.8) is 0 Å². The number of aryl methyl sites for hydroxylation is 1. The highest BCUT2D eigenvalue weighted by atomic mass is 16.6. The maximum absolute atomic E-state index is 13.4. The number of carbonyl (C=O) groups excluding carboxylic acids is 3. The van der Waals surface area contributed by atoms with Crippen LogP contribution in [0.3, 0.4) is 0 Å². The normalized spacial score (nSPS) is 36.8. The minimum atomic E-state index is -1.74. The summed E-state index contributed by atoms with van der Waals surface area (Å²) < 4.78 is 5.23. The molecule has 2 N–H and O–H groups in total. The fraction of sp³-hybridized carbons (Fsp3) is 0.567. The first-order chi connectivity index (χ1) is 18.4. The summed E-state index contributed by atoms with van der Waals surface area (Å²) in [5.41, 5.74) is -1.70. The number of nitro benzene ring substituents is 1. The number of nitrogens with zero attached hydrogens (tertiary/aromatic N) is 1. The fourth-order valence-corrected chi connectivity index (χ4v) is 8.26. The Labute approximate surface area is 227 Å². The molecule has 0 aromatic heterocycles. The number of ether oxygens (including phenoxy) is 1. The second kappa shape index (κ2) is 9.78. The maximum atomic E-state index is 13.4. The predicted octanol–water partition coefficient (Wildman–Crippen LogP) is 3.65. The molecule has 0 amide bonds. The van der Waals surface area contributed by atoms with Gasteiger partial charge >= 0.3 is 5.97 Å². The Kier molecular flexibility index (Phi) is 6.87. The molecular weight excluding hydrogens is 502 g/mol. The van der Waals surface area contributed by atoms with Crippen molar-refractivity contribution in [1.82, 2.24) is 0 Å². The number of hydrogen-bond donors (Lipinski definition) is 2. The van der Waals surface area contributed by atoms with Gasteiger partial charge in [0.2, 0.25) is 5.78 Å². The van der Waals surface area contributed by atoms with Crippen molar-refractivity contribution >= 4 is 23.2 Å². The predicted molar refractivity (Wildman–Crippen MR) is 140 cm³/mol. The van der Waals surface area contributed by atoms with Gasteiger partial charge in [0.25, 0.3) is 5.69 Å². The van der Waals surface area contributed by atoms with Gasteiger partial charge in [0.15, 0.2) is 12.4 Å². The van der Waals surface area contributed by atoms with E-state index >= 15 is 0 Å². The lowest BCUT2D eigenvalue weighted by atomic mass is 9.46. The van der Waals surface area contributed by atoms with Gasteiger partial charge in [0, 0.05) is 34.8 Å². The number of aliphatic hydroxyl groups excluding tert-OH is 1. The number of ketones is 2. The smallest absolute Gasteiger partial charge is 0.306 e. The van der Waals surface area contributed by atoms with Crippen LogP contribution in [0.15, 0.2) is 48.1 Å². The molecule has 1 aromatic carbocycles. The summed E-state index contributed by atoms with van der Waals surface area (Å²) >= 11 is 0. The number of hydrogen-bond acceptors (Lipinski definition) is 8. The molecule has 4 aliphatic rings. The van der Waals surface area contributed by atoms with Crippen LogP contribution < -0.4 is 0 Å². The third kappa shape index (κ3) is 4.36. The summed E-state index contributed by atoms with van der Waals surface area (Å²) in [6.07, 6.45) is 6.96. The van der Waals surface area contributed by atoms with Crippen LogP contribution in [-0.2, 0) is 25.5 Å². The molecule has 0 heterocycles. The first-order valence-electron chi connectivity index (χ1n) is 13.7. The summed E-state index contributed by atoms with van der Waals surface area (Å²) in [5, 5.41) is 34.4. The number of esters is 1. The molecule has 5 rings (SSSR count). The molecule has 9 nitrogen and oxygen atoms in total. The average Bonchev–Trinajstić information content (AvgIpc) is 3.17. The van der Waals surface area contributed by atoms with Crippen LogP contribution >= 0.6 is 0 Å². The van der Waals surface area contributed by atoms with Crippen LogP contribution in [0.25, 0.3) is 0 Å². The Morgan fingerprint density at radius 1 is 1.21 bits per heavy atom. The molecule has 0 aliphatic heterocycles. The van der Waals surface area contributed by atoms with Crippen molar-refractivity contribution < 1.29 is 34.3 Å².